The van der Waals surface area contributed by atoms with Crippen molar-refractivity contribution < 1.29 is 4.79 Å². The van der Waals surface area contributed by atoms with Crippen LogP contribution in [0.2, 0.25) is 0 Å². The number of halogens is 2. The normalized spacial score (nSPS) is 18.9. The Morgan fingerprint density at radius 2 is 2.08 bits per heavy atom. The number of carbonyl (C=O) groups excluding carboxylic acids is 1. The zero-order valence-corrected chi connectivity index (χ0v) is 16.3. The largest absolute Gasteiger partial charge is 0.338 e. The molecule has 0 spiro atoms. The zero-order chi connectivity index (χ0) is 16.6. The highest BCUT2D eigenvalue weighted by Crippen LogP contribution is 2.29. The van der Waals surface area contributed by atoms with Gasteiger partial charge in [-0.05, 0) is 30.9 Å². The molecule has 1 aromatic heterocycles. The highest BCUT2D eigenvalue weighted by Gasteiger charge is 2.35. The van der Waals surface area contributed by atoms with Crippen molar-refractivity contribution in [2.75, 3.05) is 13.1 Å². The lowest BCUT2D eigenvalue weighted by atomic mass is 9.79. The van der Waals surface area contributed by atoms with Gasteiger partial charge in [-0.25, -0.2) is 4.98 Å². The summed E-state index contributed by atoms with van der Waals surface area (Å²) in [5, 5.41) is 6.98. The molecule has 1 saturated heterocycles. The molecule has 0 bridgehead atoms. The van der Waals surface area contributed by atoms with Crippen LogP contribution >= 0.6 is 24.8 Å². The number of aromatic amines is 1. The van der Waals surface area contributed by atoms with E-state index < -0.39 is 0 Å². The van der Waals surface area contributed by atoms with E-state index in [-0.39, 0.29) is 42.2 Å². The number of piperidine rings is 1. The molecular formula is C17H25Cl2N5O. The topological polar surface area (TPSA) is 87.9 Å². The molecule has 1 aliphatic heterocycles. The Morgan fingerprint density at radius 1 is 1.36 bits per heavy atom. The first kappa shape index (κ1) is 21.4. The van der Waals surface area contributed by atoms with E-state index in [4.69, 9.17) is 5.73 Å². The predicted molar refractivity (Wildman–Crippen MR) is 103 cm³/mol. The van der Waals surface area contributed by atoms with Gasteiger partial charge >= 0.3 is 0 Å². The van der Waals surface area contributed by atoms with Crippen molar-refractivity contribution in [1.29, 1.82) is 0 Å². The van der Waals surface area contributed by atoms with E-state index in [1.807, 2.05) is 36.1 Å². The monoisotopic (exact) mass is 385 g/mol. The maximum Gasteiger partial charge on any atom is 0.253 e. The minimum Gasteiger partial charge on any atom is -0.338 e. The van der Waals surface area contributed by atoms with Crippen LogP contribution in [-0.4, -0.2) is 45.1 Å². The van der Waals surface area contributed by atoms with Crippen LogP contribution in [0.15, 0.2) is 24.3 Å². The van der Waals surface area contributed by atoms with Gasteiger partial charge in [-0.15, -0.1) is 24.8 Å². The van der Waals surface area contributed by atoms with Gasteiger partial charge in [0.05, 0.1) is 0 Å². The van der Waals surface area contributed by atoms with Crippen LogP contribution in [0.4, 0.5) is 0 Å². The molecule has 25 heavy (non-hydrogen) atoms. The highest BCUT2D eigenvalue weighted by atomic mass is 35.5. The van der Waals surface area contributed by atoms with Gasteiger partial charge in [0.15, 0.2) is 5.82 Å². The quantitative estimate of drug-likeness (QED) is 0.831. The van der Waals surface area contributed by atoms with E-state index in [9.17, 15) is 4.79 Å². The third-order valence-corrected chi connectivity index (χ3v) is 4.56. The Balaban J connectivity index is 0.00000156. The number of nitrogens with zero attached hydrogens (tertiary/aromatic N) is 3. The number of rotatable bonds is 2. The van der Waals surface area contributed by atoms with Crippen molar-refractivity contribution in [1.82, 2.24) is 20.1 Å². The predicted octanol–water partition coefficient (Wildman–Crippen LogP) is 2.82. The van der Waals surface area contributed by atoms with E-state index in [2.05, 4.69) is 29.0 Å². The van der Waals surface area contributed by atoms with Crippen LogP contribution < -0.4 is 5.73 Å². The van der Waals surface area contributed by atoms with Crippen LogP contribution in [0, 0.1) is 12.3 Å². The summed E-state index contributed by atoms with van der Waals surface area (Å²) in [6.07, 6.45) is 0.832. The van der Waals surface area contributed by atoms with E-state index >= 15 is 0 Å². The van der Waals surface area contributed by atoms with Gasteiger partial charge in [0.2, 0.25) is 0 Å². The smallest absolute Gasteiger partial charge is 0.253 e. The van der Waals surface area contributed by atoms with Gasteiger partial charge in [-0.2, -0.15) is 5.10 Å². The first-order valence-electron chi connectivity index (χ1n) is 7.91. The van der Waals surface area contributed by atoms with Crippen LogP contribution in [0.1, 0.15) is 36.5 Å². The average Bonchev–Trinajstić information content (AvgIpc) is 2.96. The summed E-state index contributed by atoms with van der Waals surface area (Å²) in [6, 6.07) is 7.61. The molecule has 8 heteroatoms. The maximum absolute atomic E-state index is 12.8. The molecule has 3 N–H and O–H groups in total. The van der Waals surface area contributed by atoms with Gasteiger partial charge in [0.25, 0.3) is 5.91 Å². The molecule has 2 aromatic rings. The van der Waals surface area contributed by atoms with Crippen LogP contribution in [0.3, 0.4) is 0 Å². The first-order valence-corrected chi connectivity index (χ1v) is 7.91. The van der Waals surface area contributed by atoms with Gasteiger partial charge < -0.3 is 10.6 Å². The van der Waals surface area contributed by atoms with Crippen LogP contribution in [0.25, 0.3) is 11.4 Å². The summed E-state index contributed by atoms with van der Waals surface area (Å²) in [4.78, 5) is 19.0. The zero-order valence-electron chi connectivity index (χ0n) is 14.7. The molecule has 1 fully saturated rings. The molecule has 0 aliphatic carbocycles. The van der Waals surface area contributed by atoms with Gasteiger partial charge in [-0.1, -0.05) is 26.0 Å². The first-order chi connectivity index (χ1) is 10.9. The number of H-pyrrole nitrogens is 1. The standard InChI is InChI=1S/C17H23N5O.2ClH/c1-11-19-15(21-20-11)12-5-4-6-13(9-12)16(23)22-8-7-14(18)17(2,3)10-22;;/h4-6,9,14H,7-8,10,18H2,1-3H3,(H,19,20,21);2*1H. The minimum absolute atomic E-state index is 0. The van der Waals surface area contributed by atoms with E-state index in [0.29, 0.717) is 24.5 Å². The third-order valence-electron chi connectivity index (χ3n) is 4.56. The second-order valence-electron chi connectivity index (χ2n) is 6.94. The van der Waals surface area contributed by atoms with Crippen LogP contribution in [-0.2, 0) is 0 Å². The molecule has 138 valence electrons. The molecule has 1 atom stereocenters. The summed E-state index contributed by atoms with van der Waals surface area (Å²) in [5.41, 5.74) is 7.60. The number of hydrogen-bond donors (Lipinski definition) is 2. The molecule has 1 amide bonds. The maximum atomic E-state index is 12.8. The van der Waals surface area contributed by atoms with Crippen molar-refractivity contribution in [3.63, 3.8) is 0 Å². The number of amides is 1. The van der Waals surface area contributed by atoms with E-state index in [1.54, 1.807) is 0 Å². The van der Waals surface area contributed by atoms with E-state index in [1.165, 1.54) is 0 Å². The molecule has 3 rings (SSSR count). The second kappa shape index (κ2) is 8.17. The number of carbonyl (C=O) groups is 1. The van der Waals surface area contributed by atoms with Gasteiger partial charge in [0, 0.05) is 30.3 Å². The lowest BCUT2D eigenvalue weighted by Gasteiger charge is -2.42. The number of aryl methyl sites for hydroxylation is 1. The lowest BCUT2D eigenvalue weighted by molar-refractivity contribution is 0.0533. The van der Waals surface area contributed by atoms with Crippen molar-refractivity contribution in [2.45, 2.75) is 33.2 Å². The molecule has 6 nitrogen and oxygen atoms in total. The highest BCUT2D eigenvalue weighted by molar-refractivity contribution is 5.95. The summed E-state index contributed by atoms with van der Waals surface area (Å²) < 4.78 is 0. The van der Waals surface area contributed by atoms with Crippen molar-refractivity contribution in [2.24, 2.45) is 11.1 Å². The Labute approximate surface area is 160 Å². The minimum atomic E-state index is -0.0631. The molecule has 2 heterocycles. The summed E-state index contributed by atoms with van der Waals surface area (Å²) in [5.74, 6) is 1.40. The average molecular weight is 386 g/mol. The van der Waals surface area contributed by atoms with E-state index in [0.717, 1.165) is 17.8 Å². The van der Waals surface area contributed by atoms with Gasteiger partial charge in [0.1, 0.15) is 5.82 Å². The summed E-state index contributed by atoms with van der Waals surface area (Å²) in [7, 11) is 0. The number of aromatic nitrogens is 3. The van der Waals surface area contributed by atoms with Crippen molar-refractivity contribution >= 4 is 30.7 Å². The molecule has 0 radical (unpaired) electrons. The number of likely N-dealkylation sites (tertiary alicyclic amines) is 1. The van der Waals surface area contributed by atoms with Crippen molar-refractivity contribution in [3.8, 4) is 11.4 Å². The molecule has 1 aliphatic rings. The SMILES string of the molecule is Cc1nc(-c2cccc(C(=O)N3CCC(N)C(C)(C)C3)c2)n[nH]1.Cl.Cl. The summed E-state index contributed by atoms with van der Waals surface area (Å²) >= 11 is 0. The number of hydrogen-bond acceptors (Lipinski definition) is 4. The number of nitrogens with one attached hydrogen (secondary N) is 1. The lowest BCUT2D eigenvalue weighted by Crippen LogP contribution is -2.54. The fraction of sp³-hybridized carbons (Fsp3) is 0.471. The third kappa shape index (κ3) is 4.51. The molecule has 0 saturated carbocycles. The second-order valence-corrected chi connectivity index (χ2v) is 6.94. The Kier molecular flexibility index (Phi) is 6.99. The number of nitrogens with two attached hydrogens (primary N) is 1. The molecular weight excluding hydrogens is 361 g/mol. The fourth-order valence-corrected chi connectivity index (χ4v) is 2.99. The number of benzene rings is 1. The Bertz CT molecular complexity index is 731. The van der Waals surface area contributed by atoms with Crippen LogP contribution in [0.5, 0.6) is 0 Å². The fourth-order valence-electron chi connectivity index (χ4n) is 2.99. The Morgan fingerprint density at radius 3 is 2.68 bits per heavy atom. The molecule has 1 aromatic carbocycles. The molecule has 1 unspecified atom stereocenters. The van der Waals surface area contributed by atoms with Gasteiger partial charge in [-0.3, -0.25) is 9.89 Å². The summed E-state index contributed by atoms with van der Waals surface area (Å²) in [6.45, 7) is 7.46. The Hall–Kier alpha value is -1.63. The van der Waals surface area contributed by atoms with Crippen molar-refractivity contribution in [3.05, 3.63) is 35.7 Å².